The van der Waals surface area contributed by atoms with Gasteiger partial charge in [-0.05, 0) is 48.6 Å². The molecule has 8 heteroatoms. The predicted molar refractivity (Wildman–Crippen MR) is 130 cm³/mol. The first kappa shape index (κ1) is 21.2. The summed E-state index contributed by atoms with van der Waals surface area (Å²) in [5.74, 6) is 1.75. The fraction of sp³-hybridized carbons (Fsp3) is 0.320. The highest BCUT2D eigenvalue weighted by atomic mass is 16.3. The molecule has 0 aliphatic carbocycles. The summed E-state index contributed by atoms with van der Waals surface area (Å²) in [7, 11) is 0. The molecule has 8 nitrogen and oxygen atoms in total. The third kappa shape index (κ3) is 4.61. The Balaban J connectivity index is 1.30. The highest BCUT2D eigenvalue weighted by Crippen LogP contribution is 2.31. The summed E-state index contributed by atoms with van der Waals surface area (Å²) in [4.78, 5) is 25.9. The van der Waals surface area contributed by atoms with Crippen LogP contribution in [0.25, 0.3) is 0 Å². The minimum Gasteiger partial charge on any atom is -0.394 e. The normalized spacial score (nSPS) is 17.5. The van der Waals surface area contributed by atoms with Crippen molar-refractivity contribution < 1.29 is 9.90 Å². The number of carbonyl (C=O) groups is 1. The van der Waals surface area contributed by atoms with Crippen molar-refractivity contribution in [1.29, 1.82) is 0 Å². The third-order valence-corrected chi connectivity index (χ3v) is 6.39. The van der Waals surface area contributed by atoms with E-state index in [2.05, 4.69) is 36.5 Å². The molecule has 3 aromatic rings. The number of benzene rings is 2. The minimum atomic E-state index is -0.249. The summed E-state index contributed by atoms with van der Waals surface area (Å²) in [5, 5.41) is 15.5. The average Bonchev–Trinajstić information content (AvgIpc) is 3.34. The highest BCUT2D eigenvalue weighted by molar-refractivity contribution is 6.00. The molecule has 5 rings (SSSR count). The number of hydrogen-bond donors (Lipinski definition) is 3. The standard InChI is InChI=1S/C25H28N6O2/c32-16-20-9-5-12-31(20)24-14-23(26-17-27-24)30-13-11-21-18(15-30)6-4-10-22(21)29-25(33)28-19-7-2-1-3-8-19/h1-4,6-8,10,14,17,20,32H,5,9,11-13,15-16H2,(H2,28,29,33). The van der Waals surface area contributed by atoms with E-state index >= 15 is 0 Å². The first-order chi connectivity index (χ1) is 16.2. The molecule has 33 heavy (non-hydrogen) atoms. The molecular formula is C25H28N6O2. The van der Waals surface area contributed by atoms with Gasteiger partial charge >= 0.3 is 6.03 Å². The van der Waals surface area contributed by atoms with Gasteiger partial charge in [0.1, 0.15) is 18.0 Å². The second kappa shape index (κ2) is 9.46. The van der Waals surface area contributed by atoms with Gasteiger partial charge in [0.15, 0.2) is 0 Å². The number of nitrogens with one attached hydrogen (secondary N) is 2. The molecular weight excluding hydrogens is 416 g/mol. The number of urea groups is 1. The van der Waals surface area contributed by atoms with Gasteiger partial charge in [-0.25, -0.2) is 14.8 Å². The van der Waals surface area contributed by atoms with E-state index in [1.54, 1.807) is 6.33 Å². The van der Waals surface area contributed by atoms with Crippen LogP contribution in [-0.2, 0) is 13.0 Å². The number of rotatable bonds is 5. The van der Waals surface area contributed by atoms with E-state index < -0.39 is 0 Å². The molecule has 0 saturated carbocycles. The number of hydrogen-bond acceptors (Lipinski definition) is 6. The summed E-state index contributed by atoms with van der Waals surface area (Å²) in [6.45, 7) is 2.56. The maximum atomic E-state index is 12.5. The van der Waals surface area contributed by atoms with Crippen LogP contribution in [0.4, 0.5) is 27.8 Å². The Kier molecular flexibility index (Phi) is 6.08. The van der Waals surface area contributed by atoms with Crippen LogP contribution in [0.3, 0.4) is 0 Å². The molecule has 1 aromatic heterocycles. The van der Waals surface area contributed by atoms with Crippen molar-refractivity contribution in [2.45, 2.75) is 31.8 Å². The highest BCUT2D eigenvalue weighted by Gasteiger charge is 2.26. The van der Waals surface area contributed by atoms with Crippen molar-refractivity contribution in [2.24, 2.45) is 0 Å². The van der Waals surface area contributed by atoms with Crippen LogP contribution >= 0.6 is 0 Å². The minimum absolute atomic E-state index is 0.130. The van der Waals surface area contributed by atoms with E-state index in [9.17, 15) is 9.90 Å². The summed E-state index contributed by atoms with van der Waals surface area (Å²) in [5.41, 5.74) is 3.93. The van der Waals surface area contributed by atoms with Crippen LogP contribution in [0.2, 0.25) is 0 Å². The molecule has 0 bridgehead atoms. The Labute approximate surface area is 193 Å². The Bertz CT molecular complexity index is 1120. The molecule has 1 unspecified atom stereocenters. The Morgan fingerprint density at radius 1 is 1.03 bits per heavy atom. The maximum Gasteiger partial charge on any atom is 0.323 e. The lowest BCUT2D eigenvalue weighted by molar-refractivity contribution is 0.262. The first-order valence-electron chi connectivity index (χ1n) is 11.4. The van der Waals surface area contributed by atoms with E-state index in [4.69, 9.17) is 0 Å². The van der Waals surface area contributed by atoms with Gasteiger partial charge in [-0.3, -0.25) is 0 Å². The number of carbonyl (C=O) groups excluding carboxylic acids is 1. The van der Waals surface area contributed by atoms with Crippen molar-refractivity contribution in [2.75, 3.05) is 40.1 Å². The van der Waals surface area contributed by atoms with Gasteiger partial charge in [0.05, 0.1) is 12.6 Å². The Morgan fingerprint density at radius 2 is 1.88 bits per heavy atom. The largest absolute Gasteiger partial charge is 0.394 e. The topological polar surface area (TPSA) is 93.6 Å². The molecule has 2 amide bonds. The van der Waals surface area contributed by atoms with Gasteiger partial charge in [0.25, 0.3) is 0 Å². The maximum absolute atomic E-state index is 12.5. The van der Waals surface area contributed by atoms with Crippen molar-refractivity contribution >= 4 is 29.0 Å². The molecule has 170 valence electrons. The van der Waals surface area contributed by atoms with Crippen LogP contribution < -0.4 is 20.4 Å². The van der Waals surface area contributed by atoms with Gasteiger partial charge in [-0.1, -0.05) is 30.3 Å². The van der Waals surface area contributed by atoms with Crippen molar-refractivity contribution in [3.63, 3.8) is 0 Å². The number of aliphatic hydroxyl groups is 1. The number of amides is 2. The lowest BCUT2D eigenvalue weighted by atomic mass is 9.97. The zero-order chi connectivity index (χ0) is 22.6. The summed E-state index contributed by atoms with van der Waals surface area (Å²) >= 11 is 0. The van der Waals surface area contributed by atoms with Gasteiger partial charge in [0.2, 0.25) is 0 Å². The second-order valence-electron chi connectivity index (χ2n) is 8.47. The zero-order valence-electron chi connectivity index (χ0n) is 18.4. The van der Waals surface area contributed by atoms with Crippen molar-refractivity contribution in [3.8, 4) is 0 Å². The lowest BCUT2D eigenvalue weighted by Gasteiger charge is -2.32. The van der Waals surface area contributed by atoms with Gasteiger partial charge < -0.3 is 25.5 Å². The van der Waals surface area contributed by atoms with Gasteiger partial charge in [-0.15, -0.1) is 0 Å². The van der Waals surface area contributed by atoms with E-state index in [1.165, 1.54) is 5.56 Å². The summed E-state index contributed by atoms with van der Waals surface area (Å²) in [6.07, 6.45) is 4.47. The number of aliphatic hydroxyl groups excluding tert-OH is 1. The zero-order valence-corrected chi connectivity index (χ0v) is 18.4. The van der Waals surface area contributed by atoms with E-state index in [-0.39, 0.29) is 18.7 Å². The molecule has 2 aliphatic rings. The number of anilines is 4. The van der Waals surface area contributed by atoms with Crippen LogP contribution in [0.1, 0.15) is 24.0 Å². The number of fused-ring (bicyclic) bond motifs is 1. The molecule has 2 aliphatic heterocycles. The van der Waals surface area contributed by atoms with Crippen molar-refractivity contribution in [3.05, 3.63) is 72.1 Å². The molecule has 2 aromatic carbocycles. The predicted octanol–water partition coefficient (Wildman–Crippen LogP) is 3.64. The SMILES string of the molecule is O=C(Nc1ccccc1)Nc1cccc2c1CCN(c1cc(N3CCCC3CO)ncn1)C2. The quantitative estimate of drug-likeness (QED) is 0.556. The van der Waals surface area contributed by atoms with Crippen LogP contribution in [0.15, 0.2) is 60.9 Å². The molecule has 3 N–H and O–H groups in total. The Hall–Kier alpha value is -3.65. The summed E-state index contributed by atoms with van der Waals surface area (Å²) in [6, 6.07) is 17.3. The van der Waals surface area contributed by atoms with Gasteiger partial charge in [0, 0.05) is 37.1 Å². The van der Waals surface area contributed by atoms with Crippen LogP contribution in [0, 0.1) is 0 Å². The van der Waals surface area contributed by atoms with E-state index in [0.29, 0.717) is 6.54 Å². The Morgan fingerprint density at radius 3 is 2.73 bits per heavy atom. The van der Waals surface area contributed by atoms with Crippen molar-refractivity contribution in [1.82, 2.24) is 9.97 Å². The monoisotopic (exact) mass is 444 g/mol. The smallest absolute Gasteiger partial charge is 0.323 e. The van der Waals surface area contributed by atoms with Crippen LogP contribution in [0.5, 0.6) is 0 Å². The third-order valence-electron chi connectivity index (χ3n) is 6.39. The number of nitrogens with zero attached hydrogens (tertiary/aromatic N) is 4. The molecule has 0 radical (unpaired) electrons. The average molecular weight is 445 g/mol. The first-order valence-corrected chi connectivity index (χ1v) is 11.4. The number of para-hydroxylation sites is 1. The molecule has 1 fully saturated rings. The van der Waals surface area contributed by atoms with Gasteiger partial charge in [-0.2, -0.15) is 0 Å². The fourth-order valence-electron chi connectivity index (χ4n) is 4.72. The molecule has 1 atom stereocenters. The second-order valence-corrected chi connectivity index (χ2v) is 8.47. The molecule has 1 saturated heterocycles. The molecule has 0 spiro atoms. The summed E-state index contributed by atoms with van der Waals surface area (Å²) < 4.78 is 0. The van der Waals surface area contributed by atoms with Crippen LogP contribution in [-0.4, -0.2) is 46.8 Å². The fourth-order valence-corrected chi connectivity index (χ4v) is 4.72. The lowest BCUT2D eigenvalue weighted by Crippen LogP contribution is -2.34. The van der Waals surface area contributed by atoms with E-state index in [0.717, 1.165) is 60.9 Å². The molecule has 3 heterocycles. The van der Waals surface area contributed by atoms with E-state index in [1.807, 2.05) is 48.5 Å². The number of aromatic nitrogens is 2.